The zero-order valence-electron chi connectivity index (χ0n) is 8.61. The molecule has 0 radical (unpaired) electrons. The lowest BCUT2D eigenvalue weighted by molar-refractivity contribution is 1.23. The summed E-state index contributed by atoms with van der Waals surface area (Å²) in [5.74, 6) is 0. The Morgan fingerprint density at radius 3 is 2.81 bits per heavy atom. The minimum Gasteiger partial charge on any atom is -0.264 e. The van der Waals surface area contributed by atoms with E-state index in [1.165, 1.54) is 0 Å². The Morgan fingerprint density at radius 2 is 2.19 bits per heavy atom. The fourth-order valence-electron chi connectivity index (χ4n) is 1.47. The second-order valence-electron chi connectivity index (χ2n) is 3.31. The van der Waals surface area contributed by atoms with E-state index in [2.05, 4.69) is 9.97 Å². The fraction of sp³-hybridized carbons (Fsp3) is 0.0833. The standard InChI is InChI=1S/C12H8ClN3/c1-8-10(9-3-2-4-15-6-9)7-16-11(5-14)12(8)13/h2-4,6-7H,1H3. The summed E-state index contributed by atoms with van der Waals surface area (Å²) < 4.78 is 0. The Balaban J connectivity index is 2.62. The molecule has 78 valence electrons. The third-order valence-electron chi connectivity index (χ3n) is 2.34. The molecule has 2 rings (SSSR count). The van der Waals surface area contributed by atoms with E-state index in [1.54, 1.807) is 18.6 Å². The van der Waals surface area contributed by atoms with Crippen LogP contribution in [0.1, 0.15) is 11.3 Å². The number of nitriles is 1. The van der Waals surface area contributed by atoms with E-state index in [-0.39, 0.29) is 5.69 Å². The van der Waals surface area contributed by atoms with Crippen molar-refractivity contribution in [3.63, 3.8) is 0 Å². The second kappa shape index (κ2) is 4.30. The highest BCUT2D eigenvalue weighted by Gasteiger charge is 2.10. The van der Waals surface area contributed by atoms with Crippen molar-refractivity contribution in [1.82, 2.24) is 9.97 Å². The van der Waals surface area contributed by atoms with Gasteiger partial charge in [-0.3, -0.25) is 4.98 Å². The molecule has 0 spiro atoms. The number of halogens is 1. The summed E-state index contributed by atoms with van der Waals surface area (Å²) in [7, 11) is 0. The van der Waals surface area contributed by atoms with E-state index in [9.17, 15) is 0 Å². The largest absolute Gasteiger partial charge is 0.264 e. The van der Waals surface area contributed by atoms with E-state index in [4.69, 9.17) is 16.9 Å². The van der Waals surface area contributed by atoms with Crippen molar-refractivity contribution >= 4 is 11.6 Å². The van der Waals surface area contributed by atoms with E-state index < -0.39 is 0 Å². The maximum Gasteiger partial charge on any atom is 0.159 e. The summed E-state index contributed by atoms with van der Waals surface area (Å²) >= 11 is 6.04. The van der Waals surface area contributed by atoms with Crippen molar-refractivity contribution in [2.75, 3.05) is 0 Å². The van der Waals surface area contributed by atoms with Crippen LogP contribution in [0.4, 0.5) is 0 Å². The lowest BCUT2D eigenvalue weighted by Gasteiger charge is -2.07. The van der Waals surface area contributed by atoms with Gasteiger partial charge in [0.05, 0.1) is 5.02 Å². The quantitative estimate of drug-likeness (QED) is 0.755. The van der Waals surface area contributed by atoms with Crippen molar-refractivity contribution in [2.45, 2.75) is 6.92 Å². The Bertz CT molecular complexity index is 558. The fourth-order valence-corrected chi connectivity index (χ4v) is 1.66. The summed E-state index contributed by atoms with van der Waals surface area (Å²) in [6, 6.07) is 5.73. The second-order valence-corrected chi connectivity index (χ2v) is 3.69. The highest BCUT2D eigenvalue weighted by Crippen LogP contribution is 2.28. The van der Waals surface area contributed by atoms with Crippen LogP contribution in [0.15, 0.2) is 30.7 Å². The van der Waals surface area contributed by atoms with Crippen LogP contribution in [0.5, 0.6) is 0 Å². The summed E-state index contributed by atoms with van der Waals surface area (Å²) in [6.45, 7) is 1.87. The van der Waals surface area contributed by atoms with Gasteiger partial charge in [-0.25, -0.2) is 4.98 Å². The monoisotopic (exact) mass is 229 g/mol. The molecule has 0 saturated heterocycles. The highest BCUT2D eigenvalue weighted by atomic mass is 35.5. The van der Waals surface area contributed by atoms with Gasteiger partial charge in [0.25, 0.3) is 0 Å². The molecule has 0 bridgehead atoms. The molecule has 0 unspecified atom stereocenters. The minimum atomic E-state index is 0.256. The number of aromatic nitrogens is 2. The molecule has 3 nitrogen and oxygen atoms in total. The lowest BCUT2D eigenvalue weighted by Crippen LogP contribution is -1.92. The third kappa shape index (κ3) is 1.75. The average molecular weight is 230 g/mol. The van der Waals surface area contributed by atoms with E-state index in [0.29, 0.717) is 5.02 Å². The van der Waals surface area contributed by atoms with Gasteiger partial charge in [0.1, 0.15) is 6.07 Å². The molecule has 2 aromatic heterocycles. The van der Waals surface area contributed by atoms with Gasteiger partial charge < -0.3 is 0 Å². The van der Waals surface area contributed by atoms with Gasteiger partial charge in [-0.1, -0.05) is 17.7 Å². The average Bonchev–Trinajstić information content (AvgIpc) is 2.34. The predicted octanol–water partition coefficient (Wildman–Crippen LogP) is 2.98. The number of hydrogen-bond donors (Lipinski definition) is 0. The molecule has 0 fully saturated rings. The molecular weight excluding hydrogens is 222 g/mol. The summed E-state index contributed by atoms with van der Waals surface area (Å²) in [6.07, 6.45) is 5.10. The number of nitrogens with zero attached hydrogens (tertiary/aromatic N) is 3. The molecule has 0 saturated carbocycles. The van der Waals surface area contributed by atoms with E-state index in [0.717, 1.165) is 16.7 Å². The highest BCUT2D eigenvalue weighted by molar-refractivity contribution is 6.32. The minimum absolute atomic E-state index is 0.256. The SMILES string of the molecule is Cc1c(-c2cccnc2)cnc(C#N)c1Cl. The number of hydrogen-bond acceptors (Lipinski definition) is 3. The first-order valence-corrected chi connectivity index (χ1v) is 5.07. The van der Waals surface area contributed by atoms with Gasteiger partial charge >= 0.3 is 0 Å². The van der Waals surface area contributed by atoms with Crippen LogP contribution in [-0.2, 0) is 0 Å². The van der Waals surface area contributed by atoms with Gasteiger partial charge in [-0.15, -0.1) is 0 Å². The first-order chi connectivity index (χ1) is 7.74. The Labute approximate surface area is 98.4 Å². The van der Waals surface area contributed by atoms with Crippen molar-refractivity contribution < 1.29 is 0 Å². The van der Waals surface area contributed by atoms with Crippen LogP contribution in [0.2, 0.25) is 5.02 Å². The van der Waals surface area contributed by atoms with Crippen LogP contribution >= 0.6 is 11.6 Å². The van der Waals surface area contributed by atoms with Gasteiger partial charge in [-0.2, -0.15) is 5.26 Å². The van der Waals surface area contributed by atoms with Crippen LogP contribution in [-0.4, -0.2) is 9.97 Å². The first kappa shape index (κ1) is 10.6. The van der Waals surface area contributed by atoms with Crippen LogP contribution in [0.25, 0.3) is 11.1 Å². The molecule has 0 aliphatic heterocycles. The Morgan fingerprint density at radius 1 is 1.38 bits per heavy atom. The molecular formula is C12H8ClN3. The third-order valence-corrected chi connectivity index (χ3v) is 2.80. The maximum absolute atomic E-state index is 8.80. The Kier molecular flexibility index (Phi) is 2.84. The smallest absolute Gasteiger partial charge is 0.159 e. The lowest BCUT2D eigenvalue weighted by atomic mass is 10.0. The molecule has 2 heterocycles. The predicted molar refractivity (Wildman–Crippen MR) is 61.9 cm³/mol. The molecule has 0 aliphatic carbocycles. The number of pyridine rings is 2. The van der Waals surface area contributed by atoms with Crippen LogP contribution < -0.4 is 0 Å². The zero-order valence-corrected chi connectivity index (χ0v) is 9.36. The zero-order chi connectivity index (χ0) is 11.5. The van der Waals surface area contributed by atoms with Gasteiger partial charge in [0, 0.05) is 29.7 Å². The molecule has 0 aromatic carbocycles. The van der Waals surface area contributed by atoms with Gasteiger partial charge in [0.2, 0.25) is 0 Å². The molecule has 2 aromatic rings. The summed E-state index contributed by atoms with van der Waals surface area (Å²) in [5, 5.41) is 9.20. The van der Waals surface area contributed by atoms with E-state index in [1.807, 2.05) is 25.1 Å². The summed E-state index contributed by atoms with van der Waals surface area (Å²) in [5.41, 5.74) is 2.95. The molecule has 0 N–H and O–H groups in total. The maximum atomic E-state index is 8.80. The molecule has 4 heteroatoms. The van der Waals surface area contributed by atoms with Crippen molar-refractivity contribution in [2.24, 2.45) is 0 Å². The van der Waals surface area contributed by atoms with Crippen LogP contribution in [0, 0.1) is 18.3 Å². The van der Waals surface area contributed by atoms with E-state index >= 15 is 0 Å². The van der Waals surface area contributed by atoms with Gasteiger partial charge in [-0.05, 0) is 18.6 Å². The molecule has 0 amide bonds. The number of rotatable bonds is 1. The molecule has 16 heavy (non-hydrogen) atoms. The first-order valence-electron chi connectivity index (χ1n) is 4.69. The van der Waals surface area contributed by atoms with Gasteiger partial charge in [0.15, 0.2) is 5.69 Å². The van der Waals surface area contributed by atoms with Crippen molar-refractivity contribution in [3.05, 3.63) is 47.0 Å². The van der Waals surface area contributed by atoms with Crippen molar-refractivity contribution in [3.8, 4) is 17.2 Å². The van der Waals surface area contributed by atoms with Crippen LogP contribution in [0.3, 0.4) is 0 Å². The molecule has 0 aliphatic rings. The molecule has 0 atom stereocenters. The Hall–Kier alpha value is -1.92. The normalized spacial score (nSPS) is 9.81. The topological polar surface area (TPSA) is 49.6 Å². The summed E-state index contributed by atoms with van der Waals surface area (Å²) in [4.78, 5) is 8.05. The van der Waals surface area contributed by atoms with Crippen molar-refractivity contribution in [1.29, 1.82) is 5.26 Å².